The minimum atomic E-state index is -4.64. The van der Waals surface area contributed by atoms with Gasteiger partial charge in [0.2, 0.25) is 5.84 Å². The van der Waals surface area contributed by atoms with Crippen molar-refractivity contribution in [1.82, 2.24) is 15.1 Å². The zero-order chi connectivity index (χ0) is 30.9. The third-order valence-electron chi connectivity index (χ3n) is 6.59. The van der Waals surface area contributed by atoms with Gasteiger partial charge in [0.1, 0.15) is 18.0 Å². The molecule has 0 bridgehead atoms. The van der Waals surface area contributed by atoms with Crippen LogP contribution in [0.5, 0.6) is 11.5 Å². The molecule has 1 amide bonds. The second-order valence-electron chi connectivity index (χ2n) is 10.1. The maximum absolute atomic E-state index is 12.9. The van der Waals surface area contributed by atoms with Gasteiger partial charge in [-0.1, -0.05) is 39.5 Å². The monoisotopic (exact) mass is 578 g/mol. The number of methoxy groups -OCH3 is 1. The maximum atomic E-state index is 12.9. The molecule has 2 aromatic rings. The Morgan fingerprint density at radius 2 is 1.76 bits per heavy atom. The summed E-state index contributed by atoms with van der Waals surface area (Å²) in [6, 6.07) is 10.1. The second kappa shape index (κ2) is 14.7. The molecular weight excluding hydrogens is 537 g/mol. The van der Waals surface area contributed by atoms with Crippen molar-refractivity contribution in [3.63, 3.8) is 0 Å². The average molecular weight is 579 g/mol. The standard InChI is InChI=1S/C29H41F3N6O3/c1-8-36(5)13-14-37(6)17-21-9-11-22(12-10-21)38(27(35-33)28(40)34-18-29(30,31)32)20(4)24-15-23(19(2)3)26(41-7)16-25(24)39/h9-12,15-16,19,39H,4,8,13-14,17-18,33H2,1-3,5-7H3,(H,34,40)/b35-27-. The van der Waals surface area contributed by atoms with E-state index in [-0.39, 0.29) is 22.9 Å². The molecule has 0 spiro atoms. The van der Waals surface area contributed by atoms with E-state index in [2.05, 4.69) is 35.5 Å². The molecule has 0 aliphatic carbocycles. The Labute approximate surface area is 240 Å². The summed E-state index contributed by atoms with van der Waals surface area (Å²) in [4.78, 5) is 18.5. The fourth-order valence-corrected chi connectivity index (χ4v) is 4.09. The van der Waals surface area contributed by atoms with Crippen molar-refractivity contribution < 1.29 is 27.8 Å². The Hall–Kier alpha value is -3.77. The third-order valence-corrected chi connectivity index (χ3v) is 6.59. The molecule has 9 nitrogen and oxygen atoms in total. The number of anilines is 1. The quantitative estimate of drug-likeness (QED) is 0.149. The highest BCUT2D eigenvalue weighted by molar-refractivity contribution is 6.45. The lowest BCUT2D eigenvalue weighted by atomic mass is 9.97. The van der Waals surface area contributed by atoms with E-state index in [1.54, 1.807) is 18.2 Å². The van der Waals surface area contributed by atoms with Crippen molar-refractivity contribution in [1.29, 1.82) is 0 Å². The number of phenolic OH excluding ortho intramolecular Hbond substituents is 1. The summed E-state index contributed by atoms with van der Waals surface area (Å²) in [6.45, 7) is 11.8. The fourth-order valence-electron chi connectivity index (χ4n) is 4.09. The molecule has 0 saturated carbocycles. The number of carbonyl (C=O) groups is 1. The highest BCUT2D eigenvalue weighted by Crippen LogP contribution is 2.38. The Bertz CT molecular complexity index is 1220. The first kappa shape index (κ1) is 33.4. The number of hydrogen-bond acceptors (Lipinski definition) is 7. The number of amidine groups is 1. The van der Waals surface area contributed by atoms with Crippen LogP contribution in [0.1, 0.15) is 43.4 Å². The number of halogens is 3. The van der Waals surface area contributed by atoms with Gasteiger partial charge in [0.25, 0.3) is 5.91 Å². The summed E-state index contributed by atoms with van der Waals surface area (Å²) in [6.07, 6.45) is -4.64. The fraction of sp³-hybridized carbons (Fsp3) is 0.448. The molecule has 0 aromatic heterocycles. The topological polar surface area (TPSA) is 107 Å². The molecule has 226 valence electrons. The molecule has 0 unspecified atom stereocenters. The molecular formula is C29H41F3N6O3. The van der Waals surface area contributed by atoms with Gasteiger partial charge in [-0.05, 0) is 55.9 Å². The summed E-state index contributed by atoms with van der Waals surface area (Å²) in [5.74, 6) is 4.11. The molecule has 0 aliphatic rings. The van der Waals surface area contributed by atoms with Crippen LogP contribution in [-0.2, 0) is 11.3 Å². The molecule has 12 heteroatoms. The summed E-state index contributed by atoms with van der Waals surface area (Å²) >= 11 is 0. The van der Waals surface area contributed by atoms with Crippen molar-refractivity contribution in [2.75, 3.05) is 52.3 Å². The average Bonchev–Trinajstić information content (AvgIpc) is 2.92. The predicted octanol–water partition coefficient (Wildman–Crippen LogP) is 4.34. The van der Waals surface area contributed by atoms with Gasteiger partial charge in [0, 0.05) is 37.0 Å². The van der Waals surface area contributed by atoms with Crippen LogP contribution in [0.2, 0.25) is 0 Å². The zero-order valence-electron chi connectivity index (χ0n) is 24.5. The Morgan fingerprint density at radius 3 is 2.27 bits per heavy atom. The number of ether oxygens (including phenoxy) is 1. The number of hydrazone groups is 1. The van der Waals surface area contributed by atoms with Crippen molar-refractivity contribution in [3.05, 3.63) is 59.7 Å². The first-order valence-electron chi connectivity index (χ1n) is 13.2. The lowest BCUT2D eigenvalue weighted by Crippen LogP contribution is -2.45. The third kappa shape index (κ3) is 9.39. The van der Waals surface area contributed by atoms with Crippen LogP contribution >= 0.6 is 0 Å². The number of benzene rings is 2. The van der Waals surface area contributed by atoms with E-state index >= 15 is 0 Å². The van der Waals surface area contributed by atoms with Crippen molar-refractivity contribution in [2.24, 2.45) is 10.9 Å². The van der Waals surface area contributed by atoms with Crippen molar-refractivity contribution >= 4 is 23.1 Å². The number of nitrogens with zero attached hydrogens (tertiary/aromatic N) is 4. The highest BCUT2D eigenvalue weighted by Gasteiger charge is 2.32. The van der Waals surface area contributed by atoms with Gasteiger partial charge in [0.05, 0.1) is 12.8 Å². The molecule has 0 saturated heterocycles. The number of likely N-dealkylation sites (N-methyl/N-ethyl adjacent to an activating group) is 2. The molecule has 2 rings (SSSR count). The van der Waals surface area contributed by atoms with E-state index < -0.39 is 24.5 Å². The molecule has 0 aliphatic heterocycles. The minimum absolute atomic E-state index is 0.00309. The zero-order valence-corrected chi connectivity index (χ0v) is 24.5. The van der Waals surface area contributed by atoms with Crippen LogP contribution < -0.4 is 20.8 Å². The Morgan fingerprint density at radius 1 is 1.15 bits per heavy atom. The second-order valence-corrected chi connectivity index (χ2v) is 10.1. The number of nitrogens with two attached hydrogens (primary N) is 1. The van der Waals surface area contributed by atoms with E-state index in [9.17, 15) is 23.1 Å². The van der Waals surface area contributed by atoms with Gasteiger partial charge >= 0.3 is 6.18 Å². The summed E-state index contributed by atoms with van der Waals surface area (Å²) in [7, 11) is 5.54. The van der Waals surface area contributed by atoms with Gasteiger partial charge in [-0.15, -0.1) is 0 Å². The lowest BCUT2D eigenvalue weighted by Gasteiger charge is -2.28. The van der Waals surface area contributed by atoms with Gasteiger partial charge in [-0.2, -0.15) is 18.3 Å². The highest BCUT2D eigenvalue weighted by atomic mass is 19.4. The minimum Gasteiger partial charge on any atom is -0.507 e. The first-order valence-corrected chi connectivity index (χ1v) is 13.2. The van der Waals surface area contributed by atoms with Gasteiger partial charge in [-0.25, -0.2) is 0 Å². The molecule has 4 N–H and O–H groups in total. The predicted molar refractivity (Wildman–Crippen MR) is 157 cm³/mol. The number of amides is 1. The van der Waals surface area contributed by atoms with Crippen molar-refractivity contribution in [3.8, 4) is 11.5 Å². The van der Waals surface area contributed by atoms with Crippen LogP contribution in [0.25, 0.3) is 5.70 Å². The van der Waals surface area contributed by atoms with Crippen LogP contribution in [0.4, 0.5) is 18.9 Å². The summed E-state index contributed by atoms with van der Waals surface area (Å²) in [5, 5.41) is 16.2. The largest absolute Gasteiger partial charge is 0.507 e. The number of alkyl halides is 3. The number of hydrogen-bond donors (Lipinski definition) is 3. The SMILES string of the molecule is C=C(c1cc(C(C)C)c(OC)cc1O)N(/C(=N\N)C(=O)NCC(F)(F)F)c1ccc(CN(C)CCN(C)CC)cc1. The Kier molecular flexibility index (Phi) is 12.0. The van der Waals surface area contributed by atoms with E-state index in [0.29, 0.717) is 18.0 Å². The van der Waals surface area contributed by atoms with Crippen LogP contribution in [-0.4, -0.2) is 80.2 Å². The van der Waals surface area contributed by atoms with Crippen LogP contribution in [0.15, 0.2) is 48.1 Å². The maximum Gasteiger partial charge on any atom is 0.405 e. The number of rotatable bonds is 12. The van der Waals surface area contributed by atoms with Crippen LogP contribution in [0.3, 0.4) is 0 Å². The van der Waals surface area contributed by atoms with Gasteiger partial charge in [0.15, 0.2) is 0 Å². The molecule has 0 radical (unpaired) electrons. The molecule has 2 aromatic carbocycles. The first-order chi connectivity index (χ1) is 19.2. The van der Waals surface area contributed by atoms with E-state index in [1.807, 2.05) is 38.3 Å². The summed E-state index contributed by atoms with van der Waals surface area (Å²) < 4.78 is 44.0. The smallest absolute Gasteiger partial charge is 0.405 e. The molecule has 41 heavy (non-hydrogen) atoms. The van der Waals surface area contributed by atoms with Crippen molar-refractivity contribution in [2.45, 2.75) is 39.4 Å². The lowest BCUT2D eigenvalue weighted by molar-refractivity contribution is -0.134. The molecule has 0 atom stereocenters. The van der Waals surface area contributed by atoms with Crippen LogP contribution in [0, 0.1) is 0 Å². The molecule has 0 fully saturated rings. The van der Waals surface area contributed by atoms with E-state index in [1.165, 1.54) is 18.1 Å². The van der Waals surface area contributed by atoms with E-state index in [0.717, 1.165) is 30.8 Å². The summed E-state index contributed by atoms with van der Waals surface area (Å²) in [5.41, 5.74) is 2.39. The van der Waals surface area contributed by atoms with E-state index in [4.69, 9.17) is 10.6 Å². The number of carbonyl (C=O) groups excluding carboxylic acids is 1. The number of aromatic hydroxyl groups is 1. The normalized spacial score (nSPS) is 12.2. The molecule has 0 heterocycles. The van der Waals surface area contributed by atoms with Gasteiger partial charge in [-0.3, -0.25) is 9.69 Å². The number of nitrogens with one attached hydrogen (secondary N) is 1. The Balaban J connectivity index is 2.51. The number of phenols is 1. The van der Waals surface area contributed by atoms with Gasteiger partial charge < -0.3 is 30.8 Å².